The van der Waals surface area contributed by atoms with Gasteiger partial charge in [-0.2, -0.15) is 4.37 Å². The van der Waals surface area contributed by atoms with Crippen molar-refractivity contribution in [1.82, 2.24) is 19.2 Å². The third-order valence-electron chi connectivity index (χ3n) is 6.06. The smallest absolute Gasteiger partial charge is 0.263 e. The number of para-hydroxylation sites is 1. The third kappa shape index (κ3) is 4.48. The molecular weight excluding hydrogens is 472 g/mol. The topological polar surface area (TPSA) is 109 Å². The van der Waals surface area contributed by atoms with Crippen LogP contribution in [0.4, 0.5) is 10.8 Å². The van der Waals surface area contributed by atoms with E-state index in [2.05, 4.69) is 24.3 Å². The Hall–Kier alpha value is -3.44. The number of hydrogen-bond donors (Lipinski definition) is 2. The molecule has 1 aliphatic heterocycles. The molecule has 2 atom stereocenters. The first-order valence-electron chi connectivity index (χ1n) is 10.9. The van der Waals surface area contributed by atoms with E-state index in [-0.39, 0.29) is 29.4 Å². The van der Waals surface area contributed by atoms with Crippen LogP contribution in [0.25, 0.3) is 10.9 Å². The number of aromatic nitrogens is 3. The van der Waals surface area contributed by atoms with E-state index in [4.69, 9.17) is 0 Å². The summed E-state index contributed by atoms with van der Waals surface area (Å²) in [4.78, 5) is 19.1. The van der Waals surface area contributed by atoms with Crippen LogP contribution in [0.1, 0.15) is 20.8 Å². The molecule has 2 aromatic heterocycles. The van der Waals surface area contributed by atoms with E-state index >= 15 is 0 Å². The van der Waals surface area contributed by atoms with E-state index in [1.54, 1.807) is 24.3 Å². The highest BCUT2D eigenvalue weighted by molar-refractivity contribution is 7.93. The van der Waals surface area contributed by atoms with Crippen molar-refractivity contribution in [3.8, 4) is 0 Å². The molecule has 0 radical (unpaired) electrons. The maximum atomic E-state index is 12.9. The summed E-state index contributed by atoms with van der Waals surface area (Å²) in [6.45, 7) is 3.35. The van der Waals surface area contributed by atoms with Crippen molar-refractivity contribution in [3.05, 3.63) is 67.1 Å². The molecule has 34 heavy (non-hydrogen) atoms. The van der Waals surface area contributed by atoms with Crippen molar-refractivity contribution in [2.45, 2.75) is 30.3 Å². The second kappa shape index (κ2) is 9.07. The van der Waals surface area contributed by atoms with Gasteiger partial charge in [0.05, 0.1) is 4.90 Å². The lowest BCUT2D eigenvalue weighted by atomic mass is 10.2. The molecule has 0 unspecified atom stereocenters. The molecule has 1 aliphatic rings. The van der Waals surface area contributed by atoms with Gasteiger partial charge in [-0.3, -0.25) is 9.52 Å². The molecule has 2 aromatic carbocycles. The zero-order valence-corrected chi connectivity index (χ0v) is 20.1. The minimum atomic E-state index is -3.72. The van der Waals surface area contributed by atoms with Gasteiger partial charge in [-0.25, -0.2) is 13.4 Å². The highest BCUT2D eigenvalue weighted by Gasteiger charge is 2.27. The van der Waals surface area contributed by atoms with Crippen molar-refractivity contribution < 1.29 is 14.6 Å². The largest absolute Gasteiger partial charge is 0.369 e. The second-order valence-corrected chi connectivity index (χ2v) is 10.7. The first-order chi connectivity index (χ1) is 16.4. The van der Waals surface area contributed by atoms with Crippen LogP contribution in [-0.4, -0.2) is 47.4 Å². The average Bonchev–Trinajstić information content (AvgIpc) is 3.60. The average molecular weight is 499 g/mol. The van der Waals surface area contributed by atoms with Gasteiger partial charge in [0.1, 0.15) is 12.4 Å². The lowest BCUT2D eigenvalue weighted by molar-refractivity contribution is -0.124. The number of amides is 1. The Kier molecular flexibility index (Phi) is 5.96. The number of sulfonamides is 1. The number of fused-ring (bicyclic) bond motifs is 1. The monoisotopic (exact) mass is 498 g/mol. The van der Waals surface area contributed by atoms with E-state index in [1.165, 1.54) is 6.33 Å². The van der Waals surface area contributed by atoms with Crippen LogP contribution in [0, 0.1) is 0 Å². The molecule has 1 amide bonds. The van der Waals surface area contributed by atoms with Crippen molar-refractivity contribution in [1.29, 1.82) is 0 Å². The van der Waals surface area contributed by atoms with Crippen LogP contribution in [0.2, 0.25) is 0 Å². The minimum Gasteiger partial charge on any atom is -0.369 e. The van der Waals surface area contributed by atoms with Crippen LogP contribution in [0.3, 0.4) is 0 Å². The van der Waals surface area contributed by atoms with Crippen LogP contribution >= 0.6 is 11.5 Å². The molecule has 9 nitrogen and oxygen atoms in total. The number of nitrogens with one attached hydrogen (secondary N) is 2. The van der Waals surface area contributed by atoms with Gasteiger partial charge < -0.3 is 14.8 Å². The second-order valence-electron chi connectivity index (χ2n) is 8.24. The Balaban J connectivity index is 0.00000289. The maximum absolute atomic E-state index is 12.9. The first-order valence-corrected chi connectivity index (χ1v) is 13.2. The molecule has 1 fully saturated rings. The highest BCUT2D eigenvalue weighted by atomic mass is 32.2. The summed E-state index contributed by atoms with van der Waals surface area (Å²) in [6.07, 6.45) is 4.07. The van der Waals surface area contributed by atoms with Crippen LogP contribution in [0.15, 0.2) is 72.0 Å². The Bertz CT molecular complexity index is 1410. The van der Waals surface area contributed by atoms with Crippen molar-refractivity contribution in [2.24, 2.45) is 0 Å². The first kappa shape index (κ1) is 22.4. The van der Waals surface area contributed by atoms with E-state index < -0.39 is 10.0 Å². The van der Waals surface area contributed by atoms with Crippen LogP contribution < -0.4 is 14.9 Å². The van der Waals surface area contributed by atoms with Gasteiger partial charge in [0, 0.05) is 49.5 Å². The Morgan fingerprint density at radius 3 is 2.74 bits per heavy atom. The molecule has 2 N–H and O–H groups in total. The maximum Gasteiger partial charge on any atom is 0.263 e. The number of nitrogens with zero attached hydrogens (tertiary/aromatic N) is 4. The molecule has 0 spiro atoms. The van der Waals surface area contributed by atoms with Gasteiger partial charge in [-0.1, -0.05) is 18.2 Å². The fourth-order valence-corrected chi connectivity index (χ4v) is 5.89. The SMILES string of the molecule is C[C@H](C(=O)N[C@H]1CCN(c2ccc(S(=O)(=O)Nc3ncns3)cc2)C1)n1ccc2ccccc21.[HH]. The summed E-state index contributed by atoms with van der Waals surface area (Å²) in [5, 5.41) is 4.51. The lowest BCUT2D eigenvalue weighted by Gasteiger charge is -2.21. The molecule has 11 heteroatoms. The summed E-state index contributed by atoms with van der Waals surface area (Å²) in [6, 6.07) is 16.5. The van der Waals surface area contributed by atoms with Crippen molar-refractivity contribution >= 4 is 49.2 Å². The third-order valence-corrected chi connectivity index (χ3v) is 8.12. The molecule has 0 aliphatic carbocycles. The molecule has 178 valence electrons. The number of carbonyl (C=O) groups excluding carboxylic acids is 1. The van der Waals surface area contributed by atoms with Gasteiger partial charge >= 0.3 is 0 Å². The van der Waals surface area contributed by atoms with E-state index in [9.17, 15) is 13.2 Å². The Morgan fingerprint density at radius 2 is 1.97 bits per heavy atom. The summed E-state index contributed by atoms with van der Waals surface area (Å²) in [5.74, 6) is -0.0163. The summed E-state index contributed by atoms with van der Waals surface area (Å²) < 4.78 is 33.2. The van der Waals surface area contributed by atoms with Gasteiger partial charge in [0.25, 0.3) is 10.0 Å². The van der Waals surface area contributed by atoms with Crippen molar-refractivity contribution in [3.63, 3.8) is 0 Å². The predicted molar refractivity (Wildman–Crippen MR) is 135 cm³/mol. The standard InChI is InChI=1S/C23H24N6O3S2.H2/c1-16(29-13-10-17-4-2-3-5-21(17)29)22(30)26-18-11-12-28(14-18)19-6-8-20(9-7-19)34(31,32)27-23-24-15-25-33-23;/h2-10,13,15-16,18H,11-12,14H2,1H3,(H,26,30)(H,24,25,27);1H/t16-,18+;/m1./s1. The normalized spacial score (nSPS) is 17.1. The number of benzene rings is 2. The predicted octanol–water partition coefficient (Wildman–Crippen LogP) is 3.50. The molecule has 0 saturated carbocycles. The molecule has 5 rings (SSSR count). The van der Waals surface area contributed by atoms with Gasteiger partial charge in [-0.05, 0) is 55.1 Å². The van der Waals surface area contributed by atoms with E-state index in [0.29, 0.717) is 6.54 Å². The van der Waals surface area contributed by atoms with Crippen LogP contribution in [0.5, 0.6) is 0 Å². The summed E-state index contributed by atoms with van der Waals surface area (Å²) >= 11 is 0.979. The zero-order chi connectivity index (χ0) is 23.7. The number of rotatable bonds is 7. The Labute approximate surface area is 203 Å². The fourth-order valence-electron chi connectivity index (χ4n) is 4.23. The van der Waals surface area contributed by atoms with Gasteiger partial charge in [0.15, 0.2) is 0 Å². The summed E-state index contributed by atoms with van der Waals surface area (Å²) in [5.41, 5.74) is 1.95. The number of hydrogen-bond acceptors (Lipinski definition) is 7. The Morgan fingerprint density at radius 1 is 1.18 bits per heavy atom. The van der Waals surface area contributed by atoms with E-state index in [1.807, 2.05) is 48.0 Å². The van der Waals surface area contributed by atoms with Gasteiger partial charge in [0.2, 0.25) is 11.0 Å². The molecule has 0 bridgehead atoms. The zero-order valence-electron chi connectivity index (χ0n) is 18.5. The van der Waals surface area contributed by atoms with Gasteiger partial charge in [-0.15, -0.1) is 0 Å². The molecule has 1 saturated heterocycles. The molecular formula is C23H26N6O3S2. The molecule has 4 aromatic rings. The van der Waals surface area contributed by atoms with Crippen molar-refractivity contribution in [2.75, 3.05) is 22.7 Å². The minimum absolute atomic E-state index is 0. The lowest BCUT2D eigenvalue weighted by Crippen LogP contribution is -2.40. The molecule has 3 heterocycles. The summed E-state index contributed by atoms with van der Waals surface area (Å²) in [7, 11) is -3.72. The number of anilines is 2. The fraction of sp³-hybridized carbons (Fsp3) is 0.261. The number of carbonyl (C=O) groups is 1. The highest BCUT2D eigenvalue weighted by Crippen LogP contribution is 2.25. The quantitative estimate of drug-likeness (QED) is 0.404. The van der Waals surface area contributed by atoms with E-state index in [0.717, 1.165) is 41.1 Å². The van der Waals surface area contributed by atoms with Crippen LogP contribution in [-0.2, 0) is 14.8 Å².